The molecule has 0 aliphatic rings. The molecule has 1 rings (SSSR count). The zero-order chi connectivity index (χ0) is 13.0. The van der Waals surface area contributed by atoms with Gasteiger partial charge in [0.15, 0.2) is 0 Å². The normalized spacial score (nSPS) is 10.1. The highest BCUT2D eigenvalue weighted by molar-refractivity contribution is 6.43. The fourth-order valence-corrected chi connectivity index (χ4v) is 1.80. The van der Waals surface area contributed by atoms with Crippen molar-refractivity contribution in [3.05, 3.63) is 39.1 Å². The number of hydrogen-bond donors (Lipinski definition) is 0. The fourth-order valence-electron chi connectivity index (χ4n) is 1.16. The van der Waals surface area contributed by atoms with E-state index in [0.717, 1.165) is 0 Å². The van der Waals surface area contributed by atoms with E-state index in [2.05, 4.69) is 11.6 Å². The molecule has 0 aliphatic carbocycles. The maximum absolute atomic E-state index is 11.4. The Kier molecular flexibility index (Phi) is 5.25. The lowest BCUT2D eigenvalue weighted by atomic mass is 10.1. The molecule has 0 spiro atoms. The number of aromatic nitrogens is 1. The summed E-state index contributed by atoms with van der Waals surface area (Å²) in [4.78, 5) is 15.2. The summed E-state index contributed by atoms with van der Waals surface area (Å²) in [6, 6.07) is 0. The van der Waals surface area contributed by atoms with Gasteiger partial charge in [0, 0.05) is 18.2 Å². The van der Waals surface area contributed by atoms with Crippen LogP contribution in [0.1, 0.15) is 12.5 Å². The van der Waals surface area contributed by atoms with Gasteiger partial charge in [-0.05, 0) is 12.5 Å². The topological polar surface area (TPSA) is 39.2 Å². The number of nitrogens with zero attached hydrogens (tertiary/aromatic N) is 1. The first kappa shape index (κ1) is 14.3. The highest BCUT2D eigenvalue weighted by atomic mass is 35.5. The predicted octanol–water partition coefficient (Wildman–Crippen LogP) is 3.70. The van der Waals surface area contributed by atoms with Crippen LogP contribution in [0.15, 0.2) is 18.3 Å². The molecule has 0 N–H and O–H groups in total. The monoisotopic (exact) mass is 293 g/mol. The number of carbonyl (C=O) groups is 1. The zero-order valence-electron chi connectivity index (χ0n) is 9.10. The molecular formula is C11H10Cl3NO2. The van der Waals surface area contributed by atoms with Crippen LogP contribution in [0.5, 0.6) is 0 Å². The van der Waals surface area contributed by atoms with Crippen molar-refractivity contribution in [3.8, 4) is 0 Å². The van der Waals surface area contributed by atoms with Crippen LogP contribution >= 0.6 is 34.8 Å². The molecule has 0 aromatic carbocycles. The zero-order valence-corrected chi connectivity index (χ0v) is 11.4. The van der Waals surface area contributed by atoms with Gasteiger partial charge in [0.25, 0.3) is 0 Å². The maximum atomic E-state index is 11.4. The molecule has 0 amide bonds. The van der Waals surface area contributed by atoms with Crippen molar-refractivity contribution in [2.24, 2.45) is 0 Å². The molecular weight excluding hydrogens is 284 g/mol. The number of carbonyl (C=O) groups excluding carboxylic acids is 1. The van der Waals surface area contributed by atoms with Gasteiger partial charge in [0.2, 0.25) is 0 Å². The van der Waals surface area contributed by atoms with Gasteiger partial charge in [-0.2, -0.15) is 0 Å². The third kappa shape index (κ3) is 3.60. The molecule has 0 atom stereocenters. The van der Waals surface area contributed by atoms with Crippen LogP contribution < -0.4 is 0 Å². The Morgan fingerprint density at radius 3 is 2.71 bits per heavy atom. The second kappa shape index (κ2) is 6.24. The van der Waals surface area contributed by atoms with E-state index in [0.29, 0.717) is 10.6 Å². The van der Waals surface area contributed by atoms with E-state index in [9.17, 15) is 4.79 Å². The van der Waals surface area contributed by atoms with Crippen molar-refractivity contribution < 1.29 is 9.53 Å². The van der Waals surface area contributed by atoms with E-state index < -0.39 is 5.97 Å². The van der Waals surface area contributed by atoms with Crippen molar-refractivity contribution in [1.29, 1.82) is 0 Å². The highest BCUT2D eigenvalue weighted by Gasteiger charge is 2.15. The largest absolute Gasteiger partial charge is 0.463 e. The van der Waals surface area contributed by atoms with Crippen LogP contribution in [-0.4, -0.2) is 17.6 Å². The SMILES string of the molecule is C=C(Cc1c(Cl)cnc(Cl)c1Cl)C(=O)OCC. The van der Waals surface area contributed by atoms with Crippen LogP contribution in [0.4, 0.5) is 0 Å². The Morgan fingerprint density at radius 2 is 2.12 bits per heavy atom. The number of hydrogen-bond acceptors (Lipinski definition) is 3. The molecule has 0 saturated carbocycles. The Balaban J connectivity index is 2.92. The molecule has 1 aromatic rings. The van der Waals surface area contributed by atoms with Gasteiger partial charge in [-0.15, -0.1) is 0 Å². The molecule has 0 aliphatic heterocycles. The standard InChI is InChI=1S/C11H10Cl3NO2/c1-3-17-11(16)6(2)4-7-8(12)5-15-10(14)9(7)13/h5H,2-4H2,1H3. The molecule has 1 heterocycles. The highest BCUT2D eigenvalue weighted by Crippen LogP contribution is 2.31. The lowest BCUT2D eigenvalue weighted by Crippen LogP contribution is -2.09. The number of ether oxygens (including phenoxy) is 1. The molecule has 6 heteroatoms. The average molecular weight is 295 g/mol. The van der Waals surface area contributed by atoms with Crippen LogP contribution in [0.25, 0.3) is 0 Å². The average Bonchev–Trinajstić information content (AvgIpc) is 2.29. The van der Waals surface area contributed by atoms with Crippen LogP contribution in [0, 0.1) is 0 Å². The molecule has 1 aromatic heterocycles. The smallest absolute Gasteiger partial charge is 0.333 e. The molecule has 0 unspecified atom stereocenters. The van der Waals surface area contributed by atoms with E-state index >= 15 is 0 Å². The summed E-state index contributed by atoms with van der Waals surface area (Å²) in [5, 5.41) is 0.706. The second-order valence-electron chi connectivity index (χ2n) is 3.19. The summed E-state index contributed by atoms with van der Waals surface area (Å²) in [5.41, 5.74) is 0.782. The van der Waals surface area contributed by atoms with Gasteiger partial charge in [-0.25, -0.2) is 9.78 Å². The van der Waals surface area contributed by atoms with Gasteiger partial charge in [-0.1, -0.05) is 41.4 Å². The summed E-state index contributed by atoms with van der Waals surface area (Å²) >= 11 is 17.6. The van der Waals surface area contributed by atoms with Crippen LogP contribution in [0.3, 0.4) is 0 Å². The summed E-state index contributed by atoms with van der Waals surface area (Å²) in [5.74, 6) is -0.479. The molecule has 92 valence electrons. The lowest BCUT2D eigenvalue weighted by molar-refractivity contribution is -0.138. The van der Waals surface area contributed by atoms with Crippen molar-refractivity contribution in [3.63, 3.8) is 0 Å². The van der Waals surface area contributed by atoms with E-state index in [1.165, 1.54) is 6.20 Å². The Labute approximate surface area is 114 Å². The molecule has 17 heavy (non-hydrogen) atoms. The van der Waals surface area contributed by atoms with Gasteiger partial charge in [0.1, 0.15) is 5.15 Å². The van der Waals surface area contributed by atoms with Crippen molar-refractivity contribution in [1.82, 2.24) is 4.98 Å². The van der Waals surface area contributed by atoms with E-state index in [1.807, 2.05) is 0 Å². The van der Waals surface area contributed by atoms with Crippen molar-refractivity contribution in [2.75, 3.05) is 6.61 Å². The molecule has 0 fully saturated rings. The summed E-state index contributed by atoms with van der Waals surface area (Å²) in [6.07, 6.45) is 1.56. The molecule has 0 radical (unpaired) electrons. The molecule has 3 nitrogen and oxygen atoms in total. The van der Waals surface area contributed by atoms with Gasteiger partial charge in [0.05, 0.1) is 16.7 Å². The molecule has 0 saturated heterocycles. The van der Waals surface area contributed by atoms with Crippen molar-refractivity contribution >= 4 is 40.8 Å². The summed E-state index contributed by atoms with van der Waals surface area (Å²) in [7, 11) is 0. The lowest BCUT2D eigenvalue weighted by Gasteiger charge is -2.09. The summed E-state index contributed by atoms with van der Waals surface area (Å²) in [6.45, 7) is 5.63. The fraction of sp³-hybridized carbons (Fsp3) is 0.273. The number of rotatable bonds is 4. The first-order chi connectivity index (χ1) is 7.97. The predicted molar refractivity (Wildman–Crippen MR) is 68.7 cm³/mol. The Morgan fingerprint density at radius 1 is 1.47 bits per heavy atom. The maximum Gasteiger partial charge on any atom is 0.333 e. The van der Waals surface area contributed by atoms with Gasteiger partial charge >= 0.3 is 5.97 Å². The summed E-state index contributed by atoms with van der Waals surface area (Å²) < 4.78 is 4.81. The minimum Gasteiger partial charge on any atom is -0.463 e. The first-order valence-corrected chi connectivity index (χ1v) is 5.94. The number of halogens is 3. The van der Waals surface area contributed by atoms with Crippen LogP contribution in [-0.2, 0) is 16.0 Å². The quantitative estimate of drug-likeness (QED) is 0.483. The Hall–Kier alpha value is -0.770. The third-order valence-corrected chi connectivity index (χ3v) is 3.10. The Bertz CT molecular complexity index is 460. The number of esters is 1. The van der Waals surface area contributed by atoms with Gasteiger partial charge < -0.3 is 4.74 Å². The van der Waals surface area contributed by atoms with E-state index in [1.54, 1.807) is 6.92 Å². The number of pyridine rings is 1. The van der Waals surface area contributed by atoms with Crippen molar-refractivity contribution in [2.45, 2.75) is 13.3 Å². The van der Waals surface area contributed by atoms with Crippen LogP contribution in [0.2, 0.25) is 15.2 Å². The van der Waals surface area contributed by atoms with E-state index in [-0.39, 0.29) is 28.8 Å². The first-order valence-electron chi connectivity index (χ1n) is 4.80. The van der Waals surface area contributed by atoms with Gasteiger partial charge in [-0.3, -0.25) is 0 Å². The van der Waals surface area contributed by atoms with E-state index in [4.69, 9.17) is 39.5 Å². The third-order valence-electron chi connectivity index (χ3n) is 1.98. The minimum atomic E-state index is -0.479. The minimum absolute atomic E-state index is 0.141. The molecule has 0 bridgehead atoms. The second-order valence-corrected chi connectivity index (χ2v) is 4.33.